The van der Waals surface area contributed by atoms with E-state index in [-0.39, 0.29) is 17.2 Å². The Morgan fingerprint density at radius 2 is 1.70 bits per heavy atom. The number of urea groups is 1. The van der Waals surface area contributed by atoms with Crippen LogP contribution in [-0.2, 0) is 23.9 Å². The van der Waals surface area contributed by atoms with Gasteiger partial charge in [-0.1, -0.05) is 57.0 Å². The SMILES string of the molecule is C#CCN1CCC(c2ccc(CN3CCN(C[C@@H](CN4CCc5ccccc5C4)O[Si](C)(C)C(C)(C)C)C3=O)nc2)CC1. The number of pyridine rings is 1. The molecule has 43 heavy (non-hydrogen) atoms. The molecule has 1 aromatic heterocycles. The molecule has 0 radical (unpaired) electrons. The first-order chi connectivity index (χ1) is 20.5. The summed E-state index contributed by atoms with van der Waals surface area (Å²) in [6.45, 7) is 19.8. The molecule has 0 spiro atoms. The number of hydrogen-bond acceptors (Lipinski definition) is 5. The van der Waals surface area contributed by atoms with Crippen LogP contribution < -0.4 is 0 Å². The zero-order valence-corrected chi connectivity index (χ0v) is 28.0. The fraction of sp³-hybridized carbons (Fsp3) is 0.600. The van der Waals surface area contributed by atoms with Gasteiger partial charge in [0.15, 0.2) is 8.32 Å². The normalized spacial score (nSPS) is 19.9. The van der Waals surface area contributed by atoms with Crippen molar-refractivity contribution in [3.8, 4) is 12.3 Å². The summed E-state index contributed by atoms with van der Waals surface area (Å²) >= 11 is 0. The number of likely N-dealkylation sites (tertiary alicyclic amines) is 1. The number of fused-ring (bicyclic) bond motifs is 1. The minimum atomic E-state index is -2.02. The highest BCUT2D eigenvalue weighted by molar-refractivity contribution is 6.74. The predicted octanol–water partition coefficient (Wildman–Crippen LogP) is 5.58. The summed E-state index contributed by atoms with van der Waals surface area (Å²) < 4.78 is 7.01. The van der Waals surface area contributed by atoms with Crippen LogP contribution in [0.5, 0.6) is 0 Å². The Kier molecular flexibility index (Phi) is 9.97. The van der Waals surface area contributed by atoms with Gasteiger partial charge in [-0.3, -0.25) is 14.8 Å². The van der Waals surface area contributed by atoms with Crippen molar-refractivity contribution in [1.29, 1.82) is 0 Å². The van der Waals surface area contributed by atoms with Crippen molar-refractivity contribution >= 4 is 14.3 Å². The highest BCUT2D eigenvalue weighted by Crippen LogP contribution is 2.38. The lowest BCUT2D eigenvalue weighted by Crippen LogP contribution is -2.51. The lowest BCUT2D eigenvalue weighted by Gasteiger charge is -2.42. The monoisotopic (exact) mass is 601 g/mol. The number of aromatic nitrogens is 1. The lowest BCUT2D eigenvalue weighted by atomic mass is 9.90. The molecule has 2 amide bonds. The zero-order chi connectivity index (χ0) is 30.6. The summed E-state index contributed by atoms with van der Waals surface area (Å²) in [6, 6.07) is 13.2. The molecule has 0 N–H and O–H groups in total. The summed E-state index contributed by atoms with van der Waals surface area (Å²) in [5, 5.41) is 0.108. The Hall–Kier alpha value is -2.70. The molecule has 7 nitrogen and oxygen atoms in total. The van der Waals surface area contributed by atoms with E-state index in [0.717, 1.165) is 77.3 Å². The number of hydrogen-bond donors (Lipinski definition) is 0. The average molecular weight is 602 g/mol. The summed E-state index contributed by atoms with van der Waals surface area (Å²) in [5.74, 6) is 3.29. The molecule has 2 aromatic rings. The summed E-state index contributed by atoms with van der Waals surface area (Å²) in [5.41, 5.74) is 5.11. The van der Waals surface area contributed by atoms with Crippen LogP contribution in [0.1, 0.15) is 61.9 Å². The maximum atomic E-state index is 13.6. The largest absolute Gasteiger partial charge is 0.411 e. The maximum Gasteiger partial charge on any atom is 0.320 e. The van der Waals surface area contributed by atoms with E-state index in [9.17, 15) is 4.79 Å². The molecule has 2 fully saturated rings. The Labute approximate surface area is 260 Å². The third kappa shape index (κ3) is 7.88. The molecule has 0 aliphatic carbocycles. The van der Waals surface area contributed by atoms with Gasteiger partial charge in [-0.05, 0) is 79.2 Å². The van der Waals surface area contributed by atoms with Crippen molar-refractivity contribution in [2.75, 3.05) is 52.4 Å². The van der Waals surface area contributed by atoms with E-state index in [0.29, 0.717) is 19.0 Å². The van der Waals surface area contributed by atoms with Gasteiger partial charge in [-0.15, -0.1) is 6.42 Å². The van der Waals surface area contributed by atoms with E-state index >= 15 is 0 Å². The van der Waals surface area contributed by atoms with Crippen LogP contribution in [-0.4, -0.2) is 97.4 Å². The zero-order valence-electron chi connectivity index (χ0n) is 27.0. The van der Waals surface area contributed by atoms with Crippen LogP contribution >= 0.6 is 0 Å². The molecule has 0 saturated carbocycles. The summed E-state index contributed by atoms with van der Waals surface area (Å²) in [6.07, 6.45) is 10.8. The number of amides is 2. The number of carbonyl (C=O) groups excluding carboxylic acids is 1. The highest BCUT2D eigenvalue weighted by Gasteiger charge is 2.41. The van der Waals surface area contributed by atoms with Crippen LogP contribution in [0.15, 0.2) is 42.6 Å². The van der Waals surface area contributed by atoms with Gasteiger partial charge in [0.25, 0.3) is 0 Å². The second-order valence-corrected chi connectivity index (χ2v) is 19.0. The van der Waals surface area contributed by atoms with Crippen molar-refractivity contribution in [3.63, 3.8) is 0 Å². The number of terminal acetylenes is 1. The van der Waals surface area contributed by atoms with Crippen molar-refractivity contribution in [1.82, 2.24) is 24.6 Å². The maximum absolute atomic E-state index is 13.6. The van der Waals surface area contributed by atoms with E-state index in [1.54, 1.807) is 0 Å². The van der Waals surface area contributed by atoms with Gasteiger partial charge in [0.2, 0.25) is 0 Å². The minimum absolute atomic E-state index is 0.0143. The van der Waals surface area contributed by atoms with E-state index < -0.39 is 8.32 Å². The molecule has 0 unspecified atom stereocenters. The molecular formula is C35H51N5O2Si. The third-order valence-electron chi connectivity index (χ3n) is 10.1. The Bertz CT molecular complexity index is 1280. The van der Waals surface area contributed by atoms with E-state index in [1.807, 2.05) is 16.0 Å². The van der Waals surface area contributed by atoms with Gasteiger partial charge in [0.05, 0.1) is 24.9 Å². The smallest absolute Gasteiger partial charge is 0.320 e. The fourth-order valence-electron chi connectivity index (χ4n) is 6.44. The fourth-order valence-corrected chi connectivity index (χ4v) is 7.77. The molecule has 2 saturated heterocycles. The van der Waals surface area contributed by atoms with Crippen molar-refractivity contribution in [3.05, 3.63) is 65.0 Å². The van der Waals surface area contributed by atoms with Crippen LogP contribution in [0, 0.1) is 12.3 Å². The molecule has 8 heteroatoms. The minimum Gasteiger partial charge on any atom is -0.411 e. The standard InChI is InChI=1S/C35H51N5O2Si/c1-7-17-37-18-14-29(15-19-37)30-12-13-32(36-23-30)25-39-21-22-40(34(39)41)27-33(42-43(5,6)35(2,3)4)26-38-20-16-28-10-8-9-11-31(28)24-38/h1,8-13,23,29,33H,14-22,24-27H2,2-6H3/t33-/m1/s1. The van der Waals surface area contributed by atoms with Crippen molar-refractivity contribution in [2.45, 2.75) is 83.3 Å². The molecule has 0 bridgehead atoms. The third-order valence-corrected chi connectivity index (χ3v) is 14.7. The molecule has 3 aliphatic heterocycles. The van der Waals surface area contributed by atoms with Crippen LogP contribution in [0.4, 0.5) is 4.79 Å². The first-order valence-corrected chi connectivity index (χ1v) is 19.0. The summed E-state index contributed by atoms with van der Waals surface area (Å²) in [7, 11) is -2.02. The van der Waals surface area contributed by atoms with Gasteiger partial charge in [-0.25, -0.2) is 4.79 Å². The van der Waals surface area contributed by atoms with Gasteiger partial charge in [-0.2, -0.15) is 0 Å². The Morgan fingerprint density at radius 1 is 0.977 bits per heavy atom. The van der Waals surface area contributed by atoms with Crippen molar-refractivity contribution < 1.29 is 9.22 Å². The quantitative estimate of drug-likeness (QED) is 0.263. The lowest BCUT2D eigenvalue weighted by molar-refractivity contribution is 0.0878. The molecule has 5 rings (SSSR count). The number of carbonyl (C=O) groups is 1. The van der Waals surface area contributed by atoms with E-state index in [2.05, 4.69) is 86.0 Å². The first-order valence-electron chi connectivity index (χ1n) is 16.1. The van der Waals surface area contributed by atoms with Gasteiger partial charge in [0, 0.05) is 45.5 Å². The Balaban J connectivity index is 1.19. The molecule has 1 aromatic carbocycles. The van der Waals surface area contributed by atoms with Crippen LogP contribution in [0.3, 0.4) is 0 Å². The first kappa shape index (κ1) is 31.7. The van der Waals surface area contributed by atoms with Crippen LogP contribution in [0.2, 0.25) is 18.1 Å². The van der Waals surface area contributed by atoms with E-state index in [4.69, 9.17) is 15.8 Å². The molecular weight excluding hydrogens is 551 g/mol. The number of nitrogens with zero attached hydrogens (tertiary/aromatic N) is 5. The highest BCUT2D eigenvalue weighted by atomic mass is 28.4. The summed E-state index contributed by atoms with van der Waals surface area (Å²) in [4.78, 5) is 27.2. The average Bonchev–Trinajstić information content (AvgIpc) is 3.31. The predicted molar refractivity (Wildman–Crippen MR) is 176 cm³/mol. The van der Waals surface area contributed by atoms with Crippen LogP contribution in [0.25, 0.3) is 0 Å². The van der Waals surface area contributed by atoms with E-state index in [1.165, 1.54) is 16.7 Å². The number of piperidine rings is 1. The molecule has 3 aliphatic rings. The van der Waals surface area contributed by atoms with Gasteiger partial charge in [0.1, 0.15) is 0 Å². The second-order valence-electron chi connectivity index (χ2n) is 14.2. The van der Waals surface area contributed by atoms with Gasteiger partial charge >= 0.3 is 6.03 Å². The number of rotatable bonds is 10. The molecule has 4 heterocycles. The van der Waals surface area contributed by atoms with Crippen molar-refractivity contribution in [2.24, 2.45) is 0 Å². The Morgan fingerprint density at radius 3 is 2.37 bits per heavy atom. The van der Waals surface area contributed by atoms with Gasteiger partial charge < -0.3 is 14.2 Å². The number of benzene rings is 1. The molecule has 1 atom stereocenters. The molecule has 232 valence electrons. The topological polar surface area (TPSA) is 52.2 Å². The second kappa shape index (κ2) is 13.5.